The highest BCUT2D eigenvalue weighted by Crippen LogP contribution is 2.60. The first kappa shape index (κ1) is 22.8. The van der Waals surface area contributed by atoms with Crippen LogP contribution in [0.5, 0.6) is 0 Å². The summed E-state index contributed by atoms with van der Waals surface area (Å²) < 4.78 is 29.7. The van der Waals surface area contributed by atoms with Gasteiger partial charge in [0.15, 0.2) is 20.1 Å². The predicted molar refractivity (Wildman–Crippen MR) is 141 cm³/mol. The lowest BCUT2D eigenvalue weighted by molar-refractivity contribution is -0.116. The quantitative estimate of drug-likeness (QED) is 0.357. The molecule has 3 nitrogen and oxygen atoms in total. The van der Waals surface area contributed by atoms with Crippen molar-refractivity contribution in [3.05, 3.63) is 121 Å². The summed E-state index contributed by atoms with van der Waals surface area (Å²) in [5.41, 5.74) is -1.38. The molecule has 5 heteroatoms. The van der Waals surface area contributed by atoms with E-state index in [4.69, 9.17) is 0 Å². The molecular formula is C29H26O3P2. The second-order valence-corrected chi connectivity index (χ2v) is 14.6. The number of Topliss-reactive ketones (excluding diaryl/α,β-unsaturated/α-hetero) is 1. The maximum absolute atomic E-state index is 14.9. The number of hydrogen-bond donors (Lipinski definition) is 0. The minimum Gasteiger partial charge on any atom is -0.313 e. The predicted octanol–water partition coefficient (Wildman–Crippen LogP) is 5.11. The third-order valence-electron chi connectivity index (χ3n) is 6.81. The summed E-state index contributed by atoms with van der Waals surface area (Å²) >= 11 is 0. The van der Waals surface area contributed by atoms with Crippen LogP contribution in [0, 0.1) is 0 Å². The molecule has 34 heavy (non-hydrogen) atoms. The molecule has 0 heterocycles. The lowest BCUT2D eigenvalue weighted by Gasteiger charge is -2.27. The van der Waals surface area contributed by atoms with Gasteiger partial charge in [-0.3, -0.25) is 4.79 Å². The molecule has 4 aromatic rings. The fraction of sp³-hybridized carbons (Fsp3) is 0.138. The van der Waals surface area contributed by atoms with Crippen LogP contribution in [0.3, 0.4) is 0 Å². The molecule has 0 aromatic heterocycles. The molecule has 0 radical (unpaired) electrons. The van der Waals surface area contributed by atoms with Crippen molar-refractivity contribution in [3.63, 3.8) is 0 Å². The molecule has 1 fully saturated rings. The van der Waals surface area contributed by atoms with Crippen LogP contribution in [0.1, 0.15) is 12.8 Å². The van der Waals surface area contributed by atoms with E-state index in [2.05, 4.69) is 0 Å². The van der Waals surface area contributed by atoms with Gasteiger partial charge in [-0.15, -0.1) is 0 Å². The monoisotopic (exact) mass is 484 g/mol. The van der Waals surface area contributed by atoms with Crippen molar-refractivity contribution < 1.29 is 13.9 Å². The van der Waals surface area contributed by atoms with E-state index < -0.39 is 25.6 Å². The summed E-state index contributed by atoms with van der Waals surface area (Å²) in [6.07, 6.45) is 0.905. The normalized spacial score (nSPS) is 18.6. The smallest absolute Gasteiger partial charge is 0.154 e. The van der Waals surface area contributed by atoms with Gasteiger partial charge in [0.1, 0.15) is 0 Å². The molecule has 4 aromatic carbocycles. The summed E-state index contributed by atoms with van der Waals surface area (Å²) in [5, 5.41) is 2.70. The van der Waals surface area contributed by atoms with E-state index in [1.165, 1.54) is 0 Å². The lowest BCUT2D eigenvalue weighted by Crippen LogP contribution is -2.35. The summed E-state index contributed by atoms with van der Waals surface area (Å²) in [4.78, 5) is 14.1. The maximum atomic E-state index is 14.9. The average molecular weight is 484 g/mol. The molecular weight excluding hydrogens is 458 g/mol. The van der Waals surface area contributed by atoms with Crippen LogP contribution >= 0.6 is 14.3 Å². The number of benzene rings is 4. The first-order chi connectivity index (χ1) is 16.6. The topological polar surface area (TPSA) is 51.2 Å². The summed E-state index contributed by atoms with van der Waals surface area (Å²) in [6.45, 7) is 0. The van der Waals surface area contributed by atoms with Crippen molar-refractivity contribution in [2.45, 2.75) is 24.2 Å². The Morgan fingerprint density at radius 3 is 0.912 bits per heavy atom. The highest BCUT2D eigenvalue weighted by atomic mass is 31.2. The lowest BCUT2D eigenvalue weighted by atomic mass is 10.3. The Morgan fingerprint density at radius 1 is 0.441 bits per heavy atom. The minimum absolute atomic E-state index is 0.146. The van der Waals surface area contributed by atoms with Gasteiger partial charge in [-0.05, 0) is 12.8 Å². The van der Waals surface area contributed by atoms with E-state index in [0.29, 0.717) is 34.1 Å². The van der Waals surface area contributed by atoms with Gasteiger partial charge in [-0.2, -0.15) is 0 Å². The fourth-order valence-corrected chi connectivity index (χ4v) is 11.9. The van der Waals surface area contributed by atoms with Crippen molar-refractivity contribution in [2.24, 2.45) is 0 Å². The molecule has 0 saturated heterocycles. The molecule has 0 N–H and O–H groups in total. The van der Waals surface area contributed by atoms with Gasteiger partial charge in [-0.1, -0.05) is 121 Å². The zero-order valence-corrected chi connectivity index (χ0v) is 20.5. The summed E-state index contributed by atoms with van der Waals surface area (Å²) in [6, 6.07) is 37.2. The molecule has 0 bridgehead atoms. The Bertz CT molecular complexity index is 1180. The van der Waals surface area contributed by atoms with E-state index >= 15 is 0 Å². The van der Waals surface area contributed by atoms with Crippen LogP contribution < -0.4 is 21.2 Å². The Kier molecular flexibility index (Phi) is 6.26. The van der Waals surface area contributed by atoms with Crippen LogP contribution in [0.4, 0.5) is 0 Å². The number of rotatable bonds is 6. The third kappa shape index (κ3) is 3.74. The standard InChI is InChI=1S/C29H26O3P2/c30-29-27(33(31,23-13-5-1-6-14-23)24-15-7-2-8-16-24)21-22-28(29)34(32,25-17-9-3-10-18-25)26-19-11-4-12-20-26/h1-20,27-28H,21-22H2/t27-,28-/m0/s1. The average Bonchev–Trinajstić information content (AvgIpc) is 3.32. The first-order valence-corrected chi connectivity index (χ1v) is 15.1. The van der Waals surface area contributed by atoms with Gasteiger partial charge >= 0.3 is 0 Å². The zero-order valence-electron chi connectivity index (χ0n) is 18.7. The molecule has 5 rings (SSSR count). The van der Waals surface area contributed by atoms with E-state index in [1.54, 1.807) is 0 Å². The van der Waals surface area contributed by atoms with Crippen LogP contribution in [0.2, 0.25) is 0 Å². The highest BCUT2D eigenvalue weighted by molar-refractivity contribution is 7.82. The van der Waals surface area contributed by atoms with Crippen LogP contribution in [0.25, 0.3) is 0 Å². The molecule has 2 atom stereocenters. The fourth-order valence-electron chi connectivity index (χ4n) is 5.16. The van der Waals surface area contributed by atoms with Crippen molar-refractivity contribution in [2.75, 3.05) is 0 Å². The maximum Gasteiger partial charge on any atom is 0.154 e. The van der Waals surface area contributed by atoms with E-state index in [1.807, 2.05) is 121 Å². The number of ketones is 1. The van der Waals surface area contributed by atoms with E-state index in [-0.39, 0.29) is 5.78 Å². The van der Waals surface area contributed by atoms with Gasteiger partial charge in [0, 0.05) is 21.2 Å². The van der Waals surface area contributed by atoms with E-state index in [9.17, 15) is 13.9 Å². The first-order valence-electron chi connectivity index (χ1n) is 11.5. The van der Waals surface area contributed by atoms with E-state index in [0.717, 1.165) is 0 Å². The van der Waals surface area contributed by atoms with Crippen LogP contribution in [-0.2, 0) is 13.9 Å². The Balaban J connectivity index is 1.64. The Morgan fingerprint density at radius 2 is 0.676 bits per heavy atom. The van der Waals surface area contributed by atoms with Crippen molar-refractivity contribution in [1.82, 2.24) is 0 Å². The van der Waals surface area contributed by atoms with Crippen molar-refractivity contribution >= 4 is 41.3 Å². The van der Waals surface area contributed by atoms with Gasteiger partial charge in [0.05, 0.1) is 11.3 Å². The number of hydrogen-bond acceptors (Lipinski definition) is 3. The summed E-state index contributed by atoms with van der Waals surface area (Å²) in [5.74, 6) is -0.146. The molecule has 1 aliphatic rings. The molecule has 0 amide bonds. The van der Waals surface area contributed by atoms with Gasteiger partial charge in [0.25, 0.3) is 0 Å². The molecule has 1 aliphatic carbocycles. The number of carbonyl (C=O) groups excluding carboxylic acids is 1. The Hall–Kier alpha value is -2.99. The Labute approximate surface area is 200 Å². The second-order valence-electron chi connectivity index (χ2n) is 8.67. The second kappa shape index (κ2) is 9.34. The zero-order chi connectivity index (χ0) is 23.6. The molecule has 0 unspecified atom stereocenters. The van der Waals surface area contributed by atoms with Crippen LogP contribution in [0.15, 0.2) is 121 Å². The SMILES string of the molecule is O=C1[C@@H](P(=O)(c2ccccc2)c2ccccc2)CC[C@@H]1P(=O)(c1ccccc1)c1ccccc1. The minimum atomic E-state index is -3.29. The van der Waals surface area contributed by atoms with Gasteiger partial charge in [0.2, 0.25) is 0 Å². The van der Waals surface area contributed by atoms with Crippen molar-refractivity contribution in [1.29, 1.82) is 0 Å². The number of carbonyl (C=O) groups is 1. The molecule has 0 spiro atoms. The van der Waals surface area contributed by atoms with Gasteiger partial charge < -0.3 is 9.13 Å². The third-order valence-corrected chi connectivity index (χ3v) is 13.8. The van der Waals surface area contributed by atoms with Crippen molar-refractivity contribution in [3.8, 4) is 0 Å². The largest absolute Gasteiger partial charge is 0.313 e. The van der Waals surface area contributed by atoms with Gasteiger partial charge in [-0.25, -0.2) is 0 Å². The molecule has 1 saturated carbocycles. The highest BCUT2D eigenvalue weighted by Gasteiger charge is 2.53. The van der Waals surface area contributed by atoms with Crippen LogP contribution in [-0.4, -0.2) is 17.1 Å². The molecule has 170 valence electrons. The summed E-state index contributed by atoms with van der Waals surface area (Å²) in [7, 11) is -6.58. The molecule has 0 aliphatic heterocycles.